The number of anilines is 1. The van der Waals surface area contributed by atoms with Crippen molar-refractivity contribution in [3.05, 3.63) is 64.8 Å². The van der Waals surface area contributed by atoms with Gasteiger partial charge in [-0.05, 0) is 49.4 Å². The van der Waals surface area contributed by atoms with E-state index in [2.05, 4.69) is 15.6 Å². The first-order valence-electron chi connectivity index (χ1n) is 8.51. The van der Waals surface area contributed by atoms with E-state index in [1.54, 1.807) is 30.3 Å². The molecule has 3 aromatic rings. The number of aromatic carboxylic acids is 1. The van der Waals surface area contributed by atoms with Crippen LogP contribution in [0.25, 0.3) is 10.9 Å². The third kappa shape index (κ3) is 2.98. The molecular weight excluding hydrogens is 346 g/mol. The molecule has 0 radical (unpaired) electrons. The van der Waals surface area contributed by atoms with Gasteiger partial charge >= 0.3 is 5.97 Å². The molecule has 0 saturated heterocycles. The van der Waals surface area contributed by atoms with Gasteiger partial charge in [-0.2, -0.15) is 0 Å². The van der Waals surface area contributed by atoms with Crippen LogP contribution in [0.3, 0.4) is 0 Å². The predicted molar refractivity (Wildman–Crippen MR) is 100 cm³/mol. The van der Waals surface area contributed by atoms with Crippen LogP contribution >= 0.6 is 0 Å². The molecule has 4 rings (SSSR count). The molecule has 7 nitrogen and oxygen atoms in total. The number of aromatic nitrogens is 1. The zero-order valence-corrected chi connectivity index (χ0v) is 14.5. The number of fused-ring (bicyclic) bond motifs is 3. The highest BCUT2D eigenvalue weighted by atomic mass is 16.4. The van der Waals surface area contributed by atoms with E-state index in [0.29, 0.717) is 23.5 Å². The van der Waals surface area contributed by atoms with E-state index in [1.165, 1.54) is 12.1 Å². The lowest BCUT2D eigenvalue weighted by Crippen LogP contribution is -2.32. The number of amides is 1. The number of ketones is 1. The smallest absolute Gasteiger partial charge is 0.335 e. The number of carboxylic acid groups (broad SMARTS) is 1. The summed E-state index contributed by atoms with van der Waals surface area (Å²) < 4.78 is 0. The molecule has 0 bridgehead atoms. The molecule has 1 unspecified atom stereocenters. The van der Waals surface area contributed by atoms with E-state index in [0.717, 1.165) is 16.5 Å². The number of nitrogens with one attached hydrogen (secondary N) is 3. The minimum absolute atomic E-state index is 0.00354. The number of carbonyl (C=O) groups excluding carboxylic acids is 2. The Balaban J connectivity index is 1.65. The topological polar surface area (TPSA) is 111 Å². The zero-order valence-electron chi connectivity index (χ0n) is 14.5. The molecule has 0 saturated carbocycles. The van der Waals surface area contributed by atoms with Crippen molar-refractivity contribution >= 4 is 34.3 Å². The first-order valence-corrected chi connectivity index (χ1v) is 8.51. The number of hydrogen-bond donors (Lipinski definition) is 4. The Kier molecular flexibility index (Phi) is 4.01. The number of rotatable bonds is 3. The Morgan fingerprint density at radius 3 is 2.52 bits per heavy atom. The maximum Gasteiger partial charge on any atom is 0.335 e. The van der Waals surface area contributed by atoms with Gasteiger partial charge in [0.25, 0.3) is 5.91 Å². The van der Waals surface area contributed by atoms with Gasteiger partial charge in [-0.1, -0.05) is 0 Å². The van der Waals surface area contributed by atoms with Gasteiger partial charge in [0.05, 0.1) is 17.8 Å². The predicted octanol–water partition coefficient (Wildman–Crippen LogP) is 2.97. The van der Waals surface area contributed by atoms with Crippen LogP contribution in [0.4, 0.5) is 5.69 Å². The normalized spacial score (nSPS) is 16.2. The highest BCUT2D eigenvalue weighted by Gasteiger charge is 2.27. The van der Waals surface area contributed by atoms with Crippen LogP contribution in [0, 0.1) is 0 Å². The number of benzene rings is 2. The lowest BCUT2D eigenvalue weighted by atomic mass is 9.97. The average molecular weight is 363 g/mol. The van der Waals surface area contributed by atoms with Gasteiger partial charge in [0.2, 0.25) is 0 Å². The highest BCUT2D eigenvalue weighted by Crippen LogP contribution is 2.31. The van der Waals surface area contributed by atoms with Crippen LogP contribution < -0.4 is 10.6 Å². The molecule has 27 heavy (non-hydrogen) atoms. The number of carboxylic acids is 1. The first kappa shape index (κ1) is 17.0. The lowest BCUT2D eigenvalue weighted by molar-refractivity contribution is 0.0696. The van der Waals surface area contributed by atoms with Gasteiger partial charge in [-0.15, -0.1) is 0 Å². The van der Waals surface area contributed by atoms with Crippen molar-refractivity contribution in [2.24, 2.45) is 0 Å². The van der Waals surface area contributed by atoms with Crippen LogP contribution in [0.5, 0.6) is 0 Å². The molecule has 7 heteroatoms. The molecule has 1 atom stereocenters. The van der Waals surface area contributed by atoms with E-state index in [4.69, 9.17) is 5.11 Å². The third-order valence-electron chi connectivity index (χ3n) is 4.77. The molecule has 0 fully saturated rings. The molecule has 1 aliphatic heterocycles. The maximum absolute atomic E-state index is 12.6. The zero-order chi connectivity index (χ0) is 19.1. The Labute approximate surface area is 154 Å². The fraction of sp³-hybridized carbons (Fsp3) is 0.150. The molecule has 136 valence electrons. The van der Waals surface area contributed by atoms with Crippen LogP contribution in [0.2, 0.25) is 0 Å². The van der Waals surface area contributed by atoms with Crippen molar-refractivity contribution in [3.63, 3.8) is 0 Å². The summed E-state index contributed by atoms with van der Waals surface area (Å²) in [7, 11) is 0. The standard InChI is InChI=1S/C20H17N3O4/c1-10-17-14-8-12(4-7-15(14)23-18(17)16(24)9-21-10)19(25)22-13-5-2-11(3-6-13)20(26)27/h2-8,10,21,23H,9H2,1H3,(H,22,25)(H,26,27). The van der Waals surface area contributed by atoms with Crippen molar-refractivity contribution in [2.45, 2.75) is 13.0 Å². The monoisotopic (exact) mass is 363 g/mol. The molecule has 2 heterocycles. The Hall–Kier alpha value is -3.45. The Morgan fingerprint density at radius 2 is 1.81 bits per heavy atom. The molecule has 0 aliphatic carbocycles. The summed E-state index contributed by atoms with van der Waals surface area (Å²) in [6.45, 7) is 2.27. The van der Waals surface area contributed by atoms with E-state index >= 15 is 0 Å². The van der Waals surface area contributed by atoms with Gasteiger partial charge in [0.15, 0.2) is 5.78 Å². The summed E-state index contributed by atoms with van der Waals surface area (Å²) in [6, 6.07) is 11.2. The fourth-order valence-corrected chi connectivity index (χ4v) is 3.36. The maximum atomic E-state index is 12.6. The number of aromatic amines is 1. The molecule has 4 N–H and O–H groups in total. The van der Waals surface area contributed by atoms with E-state index in [9.17, 15) is 14.4 Å². The first-order chi connectivity index (χ1) is 12.9. The van der Waals surface area contributed by atoms with Crippen LogP contribution in [-0.4, -0.2) is 34.3 Å². The number of H-pyrrole nitrogens is 1. The van der Waals surface area contributed by atoms with Gasteiger partial charge in [-0.25, -0.2) is 4.79 Å². The van der Waals surface area contributed by atoms with Gasteiger partial charge in [0.1, 0.15) is 0 Å². The van der Waals surface area contributed by atoms with Crippen LogP contribution in [-0.2, 0) is 0 Å². The van der Waals surface area contributed by atoms with E-state index in [1.807, 2.05) is 6.92 Å². The number of carbonyl (C=O) groups is 3. The highest BCUT2D eigenvalue weighted by molar-refractivity contribution is 6.09. The van der Waals surface area contributed by atoms with Gasteiger partial charge in [-0.3, -0.25) is 9.59 Å². The minimum atomic E-state index is -1.02. The Morgan fingerprint density at radius 1 is 1.11 bits per heavy atom. The van der Waals surface area contributed by atoms with E-state index < -0.39 is 5.97 Å². The third-order valence-corrected chi connectivity index (χ3v) is 4.77. The average Bonchev–Trinajstić information content (AvgIpc) is 3.05. The van der Waals surface area contributed by atoms with E-state index in [-0.39, 0.29) is 23.3 Å². The molecule has 0 spiro atoms. The summed E-state index contributed by atoms with van der Waals surface area (Å²) in [5.74, 6) is -1.32. The number of Topliss-reactive ketones (excluding diaryl/α,β-unsaturated/α-hetero) is 1. The van der Waals surface area contributed by atoms with Crippen molar-refractivity contribution in [1.82, 2.24) is 10.3 Å². The fourth-order valence-electron chi connectivity index (χ4n) is 3.36. The number of hydrogen-bond acceptors (Lipinski definition) is 4. The second-order valence-corrected chi connectivity index (χ2v) is 6.54. The van der Waals surface area contributed by atoms with Crippen molar-refractivity contribution in [2.75, 3.05) is 11.9 Å². The van der Waals surface area contributed by atoms with Crippen LogP contribution in [0.1, 0.15) is 49.7 Å². The quantitative estimate of drug-likeness (QED) is 0.572. The molecule has 1 aromatic heterocycles. The second-order valence-electron chi connectivity index (χ2n) is 6.54. The van der Waals surface area contributed by atoms with Crippen molar-refractivity contribution in [3.8, 4) is 0 Å². The lowest BCUT2D eigenvalue weighted by Gasteiger charge is -2.19. The summed E-state index contributed by atoms with van der Waals surface area (Å²) in [6.07, 6.45) is 0. The summed E-state index contributed by atoms with van der Waals surface area (Å²) >= 11 is 0. The minimum Gasteiger partial charge on any atom is -0.478 e. The molecule has 2 aromatic carbocycles. The Bertz CT molecular complexity index is 1080. The second kappa shape index (κ2) is 6.37. The molecule has 1 amide bonds. The van der Waals surface area contributed by atoms with Crippen LogP contribution in [0.15, 0.2) is 42.5 Å². The summed E-state index contributed by atoms with van der Waals surface area (Å²) in [5, 5.41) is 15.7. The summed E-state index contributed by atoms with van der Waals surface area (Å²) in [4.78, 5) is 38.8. The van der Waals surface area contributed by atoms with Crippen molar-refractivity contribution in [1.29, 1.82) is 0 Å². The van der Waals surface area contributed by atoms with Crippen molar-refractivity contribution < 1.29 is 19.5 Å². The summed E-state index contributed by atoms with van der Waals surface area (Å²) in [5.41, 5.74) is 3.40. The molecular formula is C20H17N3O4. The van der Waals surface area contributed by atoms with Gasteiger partial charge in [0, 0.05) is 33.8 Å². The largest absolute Gasteiger partial charge is 0.478 e. The molecule has 1 aliphatic rings. The SMILES string of the molecule is CC1NCC(=O)c2[nH]c3ccc(C(=O)Nc4ccc(C(=O)O)cc4)cc3c21. The van der Waals surface area contributed by atoms with Gasteiger partial charge < -0.3 is 20.7 Å².